The number of piperazine rings is 2. The Labute approximate surface area is 136 Å². The number of carbonyl (C=O) groups excluding carboxylic acids is 1. The predicted molar refractivity (Wildman–Crippen MR) is 91.3 cm³/mol. The summed E-state index contributed by atoms with van der Waals surface area (Å²) in [6.45, 7) is 19.3. The number of rotatable bonds is 6. The third-order valence-corrected chi connectivity index (χ3v) is 5.63. The highest BCUT2D eigenvalue weighted by atomic mass is 16.1. The molecule has 2 saturated heterocycles. The van der Waals surface area contributed by atoms with E-state index in [-0.39, 0.29) is 12.1 Å². The summed E-state index contributed by atoms with van der Waals surface area (Å²) >= 11 is 0. The zero-order chi connectivity index (χ0) is 16.1. The molecule has 5 heteroatoms. The molecule has 0 aromatic heterocycles. The molecule has 128 valence electrons. The second-order valence-electron chi connectivity index (χ2n) is 6.69. The Morgan fingerprint density at radius 1 is 0.727 bits per heavy atom. The SMILES string of the molecule is CCN1CCN(C(C)C(=O)C(C)N2CCN(CC)CC2)CC1. The molecule has 0 saturated carbocycles. The molecule has 0 spiro atoms. The lowest BCUT2D eigenvalue weighted by atomic mass is 10.0. The molecule has 0 aliphatic carbocycles. The number of carbonyl (C=O) groups is 1. The summed E-state index contributed by atoms with van der Waals surface area (Å²) in [5, 5.41) is 0. The van der Waals surface area contributed by atoms with Gasteiger partial charge in [0.2, 0.25) is 0 Å². The number of likely N-dealkylation sites (N-methyl/N-ethyl adjacent to an activating group) is 2. The van der Waals surface area contributed by atoms with Crippen molar-refractivity contribution in [3.63, 3.8) is 0 Å². The third kappa shape index (κ3) is 4.28. The van der Waals surface area contributed by atoms with Gasteiger partial charge in [0.25, 0.3) is 0 Å². The van der Waals surface area contributed by atoms with Crippen LogP contribution in [0, 0.1) is 0 Å². The van der Waals surface area contributed by atoms with Crippen molar-refractivity contribution in [3.05, 3.63) is 0 Å². The van der Waals surface area contributed by atoms with Gasteiger partial charge in [0, 0.05) is 52.4 Å². The van der Waals surface area contributed by atoms with Crippen molar-refractivity contribution in [2.24, 2.45) is 0 Å². The zero-order valence-electron chi connectivity index (χ0n) is 14.9. The molecule has 0 radical (unpaired) electrons. The minimum Gasteiger partial charge on any atom is -0.301 e. The van der Waals surface area contributed by atoms with E-state index < -0.39 is 0 Å². The monoisotopic (exact) mass is 310 g/mol. The zero-order valence-corrected chi connectivity index (χ0v) is 14.9. The van der Waals surface area contributed by atoms with Crippen LogP contribution >= 0.6 is 0 Å². The average molecular weight is 310 g/mol. The maximum absolute atomic E-state index is 12.8. The Hall–Kier alpha value is -0.490. The first-order valence-electron chi connectivity index (χ1n) is 9.03. The summed E-state index contributed by atoms with van der Waals surface area (Å²) in [5.41, 5.74) is 0. The average Bonchev–Trinajstić information content (AvgIpc) is 2.60. The lowest BCUT2D eigenvalue weighted by Gasteiger charge is -2.41. The second kappa shape index (κ2) is 8.39. The molecule has 0 aromatic rings. The number of ketones is 1. The molecule has 0 amide bonds. The van der Waals surface area contributed by atoms with Gasteiger partial charge in [0.15, 0.2) is 5.78 Å². The van der Waals surface area contributed by atoms with Crippen LogP contribution in [0.1, 0.15) is 27.7 Å². The molecular formula is C17H34N4O. The van der Waals surface area contributed by atoms with E-state index in [9.17, 15) is 4.79 Å². The van der Waals surface area contributed by atoms with Gasteiger partial charge in [-0.05, 0) is 26.9 Å². The van der Waals surface area contributed by atoms with Crippen molar-refractivity contribution < 1.29 is 4.79 Å². The largest absolute Gasteiger partial charge is 0.301 e. The van der Waals surface area contributed by atoms with Crippen molar-refractivity contribution in [2.75, 3.05) is 65.4 Å². The van der Waals surface area contributed by atoms with E-state index in [0.29, 0.717) is 5.78 Å². The molecule has 2 atom stereocenters. The summed E-state index contributed by atoms with van der Waals surface area (Å²) in [7, 11) is 0. The summed E-state index contributed by atoms with van der Waals surface area (Å²) in [6, 6.07) is 0.108. The van der Waals surface area contributed by atoms with Gasteiger partial charge < -0.3 is 9.80 Å². The van der Waals surface area contributed by atoms with E-state index in [4.69, 9.17) is 0 Å². The quantitative estimate of drug-likeness (QED) is 0.717. The maximum atomic E-state index is 12.8. The number of hydrogen-bond donors (Lipinski definition) is 0. The molecular weight excluding hydrogens is 276 g/mol. The van der Waals surface area contributed by atoms with Crippen LogP contribution in [0.3, 0.4) is 0 Å². The Kier molecular flexibility index (Phi) is 6.81. The smallest absolute Gasteiger partial charge is 0.166 e. The van der Waals surface area contributed by atoms with E-state index in [1.165, 1.54) is 0 Å². The van der Waals surface area contributed by atoms with Gasteiger partial charge in [-0.15, -0.1) is 0 Å². The van der Waals surface area contributed by atoms with E-state index in [1.807, 2.05) is 0 Å². The van der Waals surface area contributed by atoms with E-state index in [2.05, 4.69) is 47.3 Å². The molecule has 2 fully saturated rings. The fourth-order valence-corrected chi connectivity index (χ4v) is 3.64. The van der Waals surface area contributed by atoms with Crippen LogP contribution in [0.15, 0.2) is 0 Å². The van der Waals surface area contributed by atoms with E-state index in [0.717, 1.165) is 65.4 Å². The van der Waals surface area contributed by atoms with E-state index in [1.54, 1.807) is 0 Å². The van der Waals surface area contributed by atoms with Gasteiger partial charge >= 0.3 is 0 Å². The van der Waals surface area contributed by atoms with Crippen molar-refractivity contribution in [3.8, 4) is 0 Å². The summed E-state index contributed by atoms with van der Waals surface area (Å²) < 4.78 is 0. The second-order valence-corrected chi connectivity index (χ2v) is 6.69. The fraction of sp³-hybridized carbons (Fsp3) is 0.941. The molecule has 2 heterocycles. The molecule has 2 aliphatic rings. The van der Waals surface area contributed by atoms with Gasteiger partial charge in [-0.2, -0.15) is 0 Å². The summed E-state index contributed by atoms with van der Waals surface area (Å²) in [6.07, 6.45) is 0. The summed E-state index contributed by atoms with van der Waals surface area (Å²) in [4.78, 5) is 22.5. The number of Topliss-reactive ketones (excluding diaryl/α,β-unsaturated/α-hetero) is 1. The first-order chi connectivity index (χ1) is 10.6. The highest BCUT2D eigenvalue weighted by Gasteiger charge is 2.31. The van der Waals surface area contributed by atoms with Crippen LogP contribution in [0.2, 0.25) is 0 Å². The highest BCUT2D eigenvalue weighted by molar-refractivity contribution is 5.88. The molecule has 0 aromatic carbocycles. The first-order valence-corrected chi connectivity index (χ1v) is 9.03. The van der Waals surface area contributed by atoms with Crippen molar-refractivity contribution in [2.45, 2.75) is 39.8 Å². The van der Waals surface area contributed by atoms with Crippen LogP contribution in [-0.2, 0) is 4.79 Å². The van der Waals surface area contributed by atoms with Crippen LogP contribution in [0.4, 0.5) is 0 Å². The molecule has 2 aliphatic heterocycles. The first kappa shape index (κ1) is 17.9. The van der Waals surface area contributed by atoms with Crippen LogP contribution in [0.25, 0.3) is 0 Å². The molecule has 5 nitrogen and oxygen atoms in total. The van der Waals surface area contributed by atoms with Crippen LogP contribution in [0.5, 0.6) is 0 Å². The topological polar surface area (TPSA) is 30.0 Å². The predicted octanol–water partition coefficient (Wildman–Crippen LogP) is 0.608. The van der Waals surface area contributed by atoms with Crippen molar-refractivity contribution in [1.82, 2.24) is 19.6 Å². The van der Waals surface area contributed by atoms with Gasteiger partial charge in [0.05, 0.1) is 12.1 Å². The normalized spacial score (nSPS) is 26.0. The lowest BCUT2D eigenvalue weighted by molar-refractivity contribution is -0.130. The van der Waals surface area contributed by atoms with E-state index >= 15 is 0 Å². The summed E-state index contributed by atoms with van der Waals surface area (Å²) in [5.74, 6) is 0.398. The third-order valence-electron chi connectivity index (χ3n) is 5.63. The number of nitrogens with zero attached hydrogens (tertiary/aromatic N) is 4. The van der Waals surface area contributed by atoms with Crippen LogP contribution < -0.4 is 0 Å². The van der Waals surface area contributed by atoms with Crippen molar-refractivity contribution in [1.29, 1.82) is 0 Å². The Balaban J connectivity index is 1.82. The van der Waals surface area contributed by atoms with Gasteiger partial charge in [-0.25, -0.2) is 0 Å². The highest BCUT2D eigenvalue weighted by Crippen LogP contribution is 2.13. The Morgan fingerprint density at radius 2 is 1.05 bits per heavy atom. The van der Waals surface area contributed by atoms with Gasteiger partial charge in [0.1, 0.15) is 0 Å². The standard InChI is InChI=1S/C17H34N4O/c1-5-18-7-11-20(12-8-18)15(3)17(22)16(4)21-13-9-19(6-2)10-14-21/h15-16H,5-14H2,1-4H3. The lowest BCUT2D eigenvalue weighted by Crippen LogP contribution is -2.57. The fourth-order valence-electron chi connectivity index (χ4n) is 3.64. The Bertz CT molecular complexity index is 315. The minimum atomic E-state index is 0.0539. The maximum Gasteiger partial charge on any atom is 0.166 e. The molecule has 2 unspecified atom stereocenters. The van der Waals surface area contributed by atoms with Crippen molar-refractivity contribution >= 4 is 5.78 Å². The van der Waals surface area contributed by atoms with Gasteiger partial charge in [-0.3, -0.25) is 14.6 Å². The number of hydrogen-bond acceptors (Lipinski definition) is 5. The van der Waals surface area contributed by atoms with Crippen LogP contribution in [-0.4, -0.2) is 103 Å². The van der Waals surface area contributed by atoms with Gasteiger partial charge in [-0.1, -0.05) is 13.8 Å². The molecule has 0 N–H and O–H groups in total. The Morgan fingerprint density at radius 3 is 1.32 bits per heavy atom. The molecule has 0 bridgehead atoms. The minimum absolute atomic E-state index is 0.0539. The molecule has 22 heavy (non-hydrogen) atoms. The molecule has 2 rings (SSSR count).